The molecule has 0 radical (unpaired) electrons. The molecule has 7 heteroatoms. The quantitative estimate of drug-likeness (QED) is 0.664. The molecule has 5 fully saturated rings. The molecule has 4 bridgehead atoms. The maximum Gasteiger partial charge on any atom is 0.238 e. The fourth-order valence-electron chi connectivity index (χ4n) is 7.25. The van der Waals surface area contributed by atoms with E-state index in [9.17, 15) is 14.4 Å². The van der Waals surface area contributed by atoms with Gasteiger partial charge in [-0.2, -0.15) is 0 Å². The maximum absolute atomic E-state index is 13.5. The number of likely N-dealkylation sites (tertiary alicyclic amines) is 1. The zero-order chi connectivity index (χ0) is 22.7. The second kappa shape index (κ2) is 7.75. The lowest BCUT2D eigenvalue weighted by atomic mass is 9.47. The first kappa shape index (κ1) is 21.7. The molecule has 3 N–H and O–H groups in total. The third-order valence-corrected chi connectivity index (χ3v) is 9.15. The molecule has 32 heavy (non-hydrogen) atoms. The molecule has 3 amide bonds. The molecule has 172 valence electrons. The second-order valence-electron chi connectivity index (χ2n) is 10.9. The average molecular weight is 458 g/mol. The van der Waals surface area contributed by atoms with Gasteiger partial charge in [0, 0.05) is 29.6 Å². The molecular formula is C25H32ClN3O3. The Morgan fingerprint density at radius 3 is 2.53 bits per heavy atom. The van der Waals surface area contributed by atoms with E-state index in [-0.39, 0.29) is 41.0 Å². The van der Waals surface area contributed by atoms with Crippen molar-refractivity contribution in [1.29, 1.82) is 0 Å². The van der Waals surface area contributed by atoms with Gasteiger partial charge >= 0.3 is 0 Å². The van der Waals surface area contributed by atoms with Gasteiger partial charge in [-0.15, -0.1) is 0 Å². The van der Waals surface area contributed by atoms with Gasteiger partial charge in [0.2, 0.25) is 17.7 Å². The van der Waals surface area contributed by atoms with Crippen LogP contribution in [0.15, 0.2) is 24.3 Å². The van der Waals surface area contributed by atoms with Crippen LogP contribution >= 0.6 is 11.6 Å². The largest absolute Gasteiger partial charge is 0.369 e. The third-order valence-electron chi connectivity index (χ3n) is 8.78. The Kier molecular flexibility index (Phi) is 5.27. The summed E-state index contributed by atoms with van der Waals surface area (Å²) in [6, 6.07) is 7.56. The van der Waals surface area contributed by atoms with Crippen molar-refractivity contribution < 1.29 is 14.4 Å². The van der Waals surface area contributed by atoms with Crippen LogP contribution in [0.25, 0.3) is 0 Å². The van der Waals surface area contributed by atoms with Gasteiger partial charge < -0.3 is 16.0 Å². The van der Waals surface area contributed by atoms with E-state index in [0.29, 0.717) is 30.5 Å². The van der Waals surface area contributed by atoms with E-state index in [0.717, 1.165) is 44.1 Å². The summed E-state index contributed by atoms with van der Waals surface area (Å²) in [6.45, 7) is 2.83. The van der Waals surface area contributed by atoms with Crippen molar-refractivity contribution in [3.63, 3.8) is 0 Å². The number of rotatable bonds is 5. The number of benzene rings is 1. The number of primary amides is 1. The molecule has 1 aliphatic heterocycles. The van der Waals surface area contributed by atoms with Crippen molar-refractivity contribution in [2.24, 2.45) is 34.3 Å². The standard InChI is InChI=1S/C25H32ClN3O3/c1-24(7-4-8-29(23(24)32)14-16-5-2-3-6-19(16)26)22(31)28-20-17-9-15-10-18(20)13-25(11-15,12-17)21(27)30/h2-3,5-6,15,17-18,20H,4,7-14H2,1H3,(H2,27,30)(H,28,31). The Balaban J connectivity index is 1.30. The van der Waals surface area contributed by atoms with Crippen LogP contribution in [0.5, 0.6) is 0 Å². The first-order valence-corrected chi connectivity index (χ1v) is 12.2. The number of piperidine rings is 1. The minimum absolute atomic E-state index is 0.0371. The summed E-state index contributed by atoms with van der Waals surface area (Å²) in [6.07, 6.45) is 5.85. The van der Waals surface area contributed by atoms with Crippen molar-refractivity contribution in [3.05, 3.63) is 34.9 Å². The van der Waals surface area contributed by atoms with Crippen LogP contribution in [0, 0.1) is 28.6 Å². The van der Waals surface area contributed by atoms with Gasteiger partial charge in [-0.3, -0.25) is 14.4 Å². The molecule has 3 unspecified atom stereocenters. The molecule has 6 rings (SSSR count). The summed E-state index contributed by atoms with van der Waals surface area (Å²) in [5.41, 5.74) is 5.24. The number of amides is 3. The topological polar surface area (TPSA) is 92.5 Å². The van der Waals surface area contributed by atoms with E-state index in [2.05, 4.69) is 5.32 Å². The Hall–Kier alpha value is -2.08. The van der Waals surface area contributed by atoms with Crippen molar-refractivity contribution in [3.8, 4) is 0 Å². The monoisotopic (exact) mass is 457 g/mol. The number of nitrogens with two attached hydrogens (primary N) is 1. The SMILES string of the molecule is CC1(C(=O)NC2C3CC4CC2CC(C(N)=O)(C4)C3)CCCN(Cc2ccccc2Cl)C1=O. The summed E-state index contributed by atoms with van der Waals surface area (Å²) in [4.78, 5) is 41.0. The average Bonchev–Trinajstić information content (AvgIpc) is 2.75. The predicted molar refractivity (Wildman–Crippen MR) is 121 cm³/mol. The van der Waals surface area contributed by atoms with Crippen LogP contribution in [0.3, 0.4) is 0 Å². The highest BCUT2D eigenvalue weighted by Crippen LogP contribution is 2.60. The normalized spacial score (nSPS) is 38.1. The van der Waals surface area contributed by atoms with E-state index >= 15 is 0 Å². The number of carbonyl (C=O) groups is 3. The van der Waals surface area contributed by atoms with E-state index in [1.165, 1.54) is 0 Å². The number of nitrogens with one attached hydrogen (secondary N) is 1. The number of halogens is 1. The number of hydrogen-bond acceptors (Lipinski definition) is 3. The molecule has 5 aliphatic rings. The Morgan fingerprint density at radius 1 is 1.19 bits per heavy atom. The summed E-state index contributed by atoms with van der Waals surface area (Å²) >= 11 is 6.31. The Bertz CT molecular complexity index is 950. The summed E-state index contributed by atoms with van der Waals surface area (Å²) < 4.78 is 0. The second-order valence-corrected chi connectivity index (χ2v) is 11.3. The van der Waals surface area contributed by atoms with Crippen LogP contribution < -0.4 is 11.1 Å². The summed E-state index contributed by atoms with van der Waals surface area (Å²) in [7, 11) is 0. The summed E-state index contributed by atoms with van der Waals surface area (Å²) in [5.74, 6) is 0.617. The van der Waals surface area contributed by atoms with Crippen LogP contribution in [0.2, 0.25) is 5.02 Å². The highest BCUT2D eigenvalue weighted by Gasteiger charge is 2.59. The maximum atomic E-state index is 13.5. The zero-order valence-corrected chi connectivity index (χ0v) is 19.4. The van der Waals surface area contributed by atoms with Gasteiger partial charge in [-0.1, -0.05) is 29.8 Å². The fourth-order valence-corrected chi connectivity index (χ4v) is 7.44. The minimum atomic E-state index is -1.07. The molecule has 1 aromatic carbocycles. The first-order chi connectivity index (χ1) is 15.2. The lowest BCUT2D eigenvalue weighted by Gasteiger charge is -2.59. The molecule has 6 nitrogen and oxygen atoms in total. The number of carbonyl (C=O) groups excluding carboxylic acids is 3. The smallest absolute Gasteiger partial charge is 0.238 e. The molecule has 0 spiro atoms. The number of hydrogen-bond donors (Lipinski definition) is 2. The Morgan fingerprint density at radius 2 is 1.88 bits per heavy atom. The van der Waals surface area contributed by atoms with Crippen molar-refractivity contribution in [1.82, 2.24) is 10.2 Å². The fraction of sp³-hybridized carbons (Fsp3) is 0.640. The lowest BCUT2D eigenvalue weighted by molar-refractivity contribution is -0.157. The Labute approximate surface area is 194 Å². The van der Waals surface area contributed by atoms with Gasteiger partial charge in [0.25, 0.3) is 0 Å². The molecule has 4 aliphatic carbocycles. The van der Waals surface area contributed by atoms with Crippen LogP contribution in [0.1, 0.15) is 57.4 Å². The van der Waals surface area contributed by atoms with E-state index in [1.807, 2.05) is 24.3 Å². The van der Waals surface area contributed by atoms with Gasteiger partial charge in [-0.05, 0) is 81.3 Å². The molecule has 1 aromatic rings. The molecule has 4 saturated carbocycles. The molecule has 0 aromatic heterocycles. The van der Waals surface area contributed by atoms with E-state index in [1.54, 1.807) is 11.8 Å². The van der Waals surface area contributed by atoms with Gasteiger partial charge in [-0.25, -0.2) is 0 Å². The minimum Gasteiger partial charge on any atom is -0.369 e. The van der Waals surface area contributed by atoms with Crippen molar-refractivity contribution >= 4 is 29.3 Å². The van der Waals surface area contributed by atoms with Gasteiger partial charge in [0.1, 0.15) is 5.41 Å². The third kappa shape index (κ3) is 3.42. The van der Waals surface area contributed by atoms with Crippen LogP contribution in [-0.4, -0.2) is 35.2 Å². The first-order valence-electron chi connectivity index (χ1n) is 11.9. The lowest BCUT2D eigenvalue weighted by Crippen LogP contribution is -2.64. The van der Waals surface area contributed by atoms with Gasteiger partial charge in [0.15, 0.2) is 0 Å². The summed E-state index contributed by atoms with van der Waals surface area (Å²) in [5, 5.41) is 3.92. The van der Waals surface area contributed by atoms with Gasteiger partial charge in [0.05, 0.1) is 0 Å². The van der Waals surface area contributed by atoms with E-state index < -0.39 is 5.41 Å². The van der Waals surface area contributed by atoms with Crippen LogP contribution in [0.4, 0.5) is 0 Å². The van der Waals surface area contributed by atoms with E-state index in [4.69, 9.17) is 17.3 Å². The molecular weight excluding hydrogens is 426 g/mol. The predicted octanol–water partition coefficient (Wildman–Crippen LogP) is 3.27. The van der Waals surface area contributed by atoms with Crippen LogP contribution in [-0.2, 0) is 20.9 Å². The molecule has 1 saturated heterocycles. The molecule has 3 atom stereocenters. The zero-order valence-electron chi connectivity index (χ0n) is 18.6. The molecule has 1 heterocycles. The van der Waals surface area contributed by atoms with Crippen molar-refractivity contribution in [2.45, 2.75) is 64.5 Å². The van der Waals surface area contributed by atoms with Crippen molar-refractivity contribution in [2.75, 3.05) is 6.54 Å². The highest BCUT2D eigenvalue weighted by molar-refractivity contribution is 6.31. The highest BCUT2D eigenvalue weighted by atomic mass is 35.5. The number of nitrogens with zero attached hydrogens (tertiary/aromatic N) is 1.